The quantitative estimate of drug-likeness (QED) is 0.833. The molecule has 1 aromatic rings. The highest BCUT2D eigenvalue weighted by Gasteiger charge is 2.27. The number of nitrogens with one attached hydrogen (secondary N) is 1. The average molecular weight is 259 g/mol. The molecule has 1 aromatic carbocycles. The Labute approximate surface area is 118 Å². The third-order valence-corrected chi connectivity index (χ3v) is 4.38. The van der Waals surface area contributed by atoms with Crippen molar-refractivity contribution in [3.8, 4) is 0 Å². The Morgan fingerprint density at radius 3 is 2.32 bits per heavy atom. The van der Waals surface area contributed by atoms with Gasteiger partial charge >= 0.3 is 0 Å². The Balaban J connectivity index is 1.96. The predicted octanol–water partition coefficient (Wildman–Crippen LogP) is 4.26. The molecule has 1 aliphatic rings. The summed E-state index contributed by atoms with van der Waals surface area (Å²) in [5.74, 6) is 1.76. The van der Waals surface area contributed by atoms with Gasteiger partial charge in [0.15, 0.2) is 0 Å². The zero-order valence-corrected chi connectivity index (χ0v) is 13.0. The predicted molar refractivity (Wildman–Crippen MR) is 83.6 cm³/mol. The lowest BCUT2D eigenvalue weighted by atomic mass is 9.88. The van der Waals surface area contributed by atoms with E-state index in [2.05, 4.69) is 51.2 Å². The van der Waals surface area contributed by atoms with Gasteiger partial charge < -0.3 is 5.32 Å². The largest absolute Gasteiger partial charge is 0.314 e. The van der Waals surface area contributed by atoms with Crippen molar-refractivity contribution in [3.63, 3.8) is 0 Å². The average Bonchev–Trinajstić information content (AvgIpc) is 2.72. The molecule has 2 atom stereocenters. The van der Waals surface area contributed by atoms with E-state index < -0.39 is 0 Å². The van der Waals surface area contributed by atoms with E-state index in [-0.39, 0.29) is 0 Å². The summed E-state index contributed by atoms with van der Waals surface area (Å²) >= 11 is 0. The van der Waals surface area contributed by atoms with E-state index in [0.29, 0.717) is 6.04 Å². The fraction of sp³-hybridized carbons (Fsp3) is 0.667. The van der Waals surface area contributed by atoms with Gasteiger partial charge in [-0.1, -0.05) is 49.6 Å². The van der Waals surface area contributed by atoms with Crippen LogP contribution < -0.4 is 5.32 Å². The SMILES string of the molecule is Cc1cc(C)cc(CC2CCCC2CNC(C)C)c1. The molecule has 106 valence electrons. The molecule has 1 aliphatic carbocycles. The Bertz CT molecular complexity index is 388. The number of benzene rings is 1. The highest BCUT2D eigenvalue weighted by Crippen LogP contribution is 2.34. The first-order chi connectivity index (χ1) is 9.04. The van der Waals surface area contributed by atoms with Crippen molar-refractivity contribution in [2.75, 3.05) is 6.54 Å². The van der Waals surface area contributed by atoms with E-state index in [0.717, 1.165) is 11.8 Å². The standard InChI is InChI=1S/C18H29N/c1-13(2)19-12-18-7-5-6-17(18)11-16-9-14(3)8-15(4)10-16/h8-10,13,17-19H,5-7,11-12H2,1-4H3. The topological polar surface area (TPSA) is 12.0 Å². The molecule has 0 saturated heterocycles. The van der Waals surface area contributed by atoms with Crippen LogP contribution in [0.25, 0.3) is 0 Å². The lowest BCUT2D eigenvalue weighted by Crippen LogP contribution is -2.31. The van der Waals surface area contributed by atoms with Gasteiger partial charge in [-0.2, -0.15) is 0 Å². The molecule has 0 heterocycles. The maximum Gasteiger partial charge on any atom is 0.00104 e. The van der Waals surface area contributed by atoms with Gasteiger partial charge in [0.25, 0.3) is 0 Å². The van der Waals surface area contributed by atoms with Crippen LogP contribution in [0.1, 0.15) is 49.8 Å². The maximum absolute atomic E-state index is 3.63. The second-order valence-corrected chi connectivity index (χ2v) is 6.71. The van der Waals surface area contributed by atoms with Crippen LogP contribution in [-0.2, 0) is 6.42 Å². The Hall–Kier alpha value is -0.820. The lowest BCUT2D eigenvalue weighted by molar-refractivity contribution is 0.354. The van der Waals surface area contributed by atoms with E-state index in [4.69, 9.17) is 0 Å². The molecular weight excluding hydrogens is 230 g/mol. The molecule has 1 N–H and O–H groups in total. The summed E-state index contributed by atoms with van der Waals surface area (Å²) in [6, 6.07) is 7.63. The van der Waals surface area contributed by atoms with Crippen LogP contribution in [-0.4, -0.2) is 12.6 Å². The van der Waals surface area contributed by atoms with E-state index in [9.17, 15) is 0 Å². The molecule has 0 radical (unpaired) electrons. The van der Waals surface area contributed by atoms with Crippen molar-refractivity contribution in [1.29, 1.82) is 0 Å². The summed E-state index contributed by atoms with van der Waals surface area (Å²) in [4.78, 5) is 0. The minimum atomic E-state index is 0.613. The number of aryl methyl sites for hydroxylation is 2. The molecular formula is C18H29N. The fourth-order valence-corrected chi connectivity index (χ4v) is 3.53. The van der Waals surface area contributed by atoms with Crippen molar-refractivity contribution >= 4 is 0 Å². The first-order valence-corrected chi connectivity index (χ1v) is 7.85. The zero-order valence-electron chi connectivity index (χ0n) is 13.0. The van der Waals surface area contributed by atoms with Gasteiger partial charge in [-0.05, 0) is 57.1 Å². The van der Waals surface area contributed by atoms with Crippen molar-refractivity contribution in [2.24, 2.45) is 11.8 Å². The highest BCUT2D eigenvalue weighted by atomic mass is 14.9. The minimum absolute atomic E-state index is 0.613. The van der Waals surface area contributed by atoms with Crippen molar-refractivity contribution < 1.29 is 0 Å². The fourth-order valence-electron chi connectivity index (χ4n) is 3.53. The summed E-state index contributed by atoms with van der Waals surface area (Å²) in [6.45, 7) is 10.1. The van der Waals surface area contributed by atoms with Gasteiger partial charge in [-0.3, -0.25) is 0 Å². The number of hydrogen-bond acceptors (Lipinski definition) is 1. The van der Waals surface area contributed by atoms with E-state index in [1.807, 2.05) is 0 Å². The molecule has 19 heavy (non-hydrogen) atoms. The normalized spacial score (nSPS) is 23.2. The van der Waals surface area contributed by atoms with Crippen LogP contribution in [0.2, 0.25) is 0 Å². The smallest absolute Gasteiger partial charge is 0.00104 e. The van der Waals surface area contributed by atoms with Gasteiger partial charge in [-0.25, -0.2) is 0 Å². The molecule has 1 nitrogen and oxygen atoms in total. The third kappa shape index (κ3) is 4.35. The van der Waals surface area contributed by atoms with Crippen molar-refractivity contribution in [2.45, 2.75) is 59.4 Å². The summed E-state index contributed by atoms with van der Waals surface area (Å²) in [5.41, 5.74) is 4.36. The molecule has 0 bridgehead atoms. The number of hydrogen-bond donors (Lipinski definition) is 1. The highest BCUT2D eigenvalue weighted by molar-refractivity contribution is 5.29. The van der Waals surface area contributed by atoms with Gasteiger partial charge in [0, 0.05) is 6.04 Å². The van der Waals surface area contributed by atoms with Gasteiger partial charge in [0.2, 0.25) is 0 Å². The summed E-state index contributed by atoms with van der Waals surface area (Å²) in [7, 11) is 0. The van der Waals surface area contributed by atoms with Crippen LogP contribution in [0.3, 0.4) is 0 Å². The molecule has 0 spiro atoms. The Morgan fingerprint density at radius 1 is 1.05 bits per heavy atom. The van der Waals surface area contributed by atoms with Crippen molar-refractivity contribution in [1.82, 2.24) is 5.32 Å². The van der Waals surface area contributed by atoms with Gasteiger partial charge in [0.05, 0.1) is 0 Å². The Kier molecular flexibility index (Phi) is 5.04. The molecule has 1 saturated carbocycles. The molecule has 0 aliphatic heterocycles. The van der Waals surface area contributed by atoms with E-state index >= 15 is 0 Å². The molecule has 2 unspecified atom stereocenters. The minimum Gasteiger partial charge on any atom is -0.314 e. The first kappa shape index (κ1) is 14.6. The molecule has 1 heteroatoms. The van der Waals surface area contributed by atoms with Gasteiger partial charge in [0.1, 0.15) is 0 Å². The second kappa shape index (κ2) is 6.56. The monoisotopic (exact) mass is 259 g/mol. The Morgan fingerprint density at radius 2 is 1.68 bits per heavy atom. The maximum atomic E-state index is 3.63. The van der Waals surface area contributed by atoms with Crippen LogP contribution in [0.5, 0.6) is 0 Å². The van der Waals surface area contributed by atoms with Crippen molar-refractivity contribution in [3.05, 3.63) is 34.9 Å². The number of rotatable bonds is 5. The summed E-state index contributed by atoms with van der Waals surface area (Å²) < 4.78 is 0. The first-order valence-electron chi connectivity index (χ1n) is 7.85. The second-order valence-electron chi connectivity index (χ2n) is 6.71. The molecule has 1 fully saturated rings. The van der Waals surface area contributed by atoms with Crippen LogP contribution >= 0.6 is 0 Å². The molecule has 2 rings (SSSR count). The molecule has 0 amide bonds. The lowest BCUT2D eigenvalue weighted by Gasteiger charge is -2.22. The van der Waals surface area contributed by atoms with Crippen LogP contribution in [0.15, 0.2) is 18.2 Å². The van der Waals surface area contributed by atoms with E-state index in [1.54, 1.807) is 5.56 Å². The summed E-state index contributed by atoms with van der Waals surface area (Å²) in [6.07, 6.45) is 5.51. The third-order valence-electron chi connectivity index (χ3n) is 4.38. The van der Waals surface area contributed by atoms with E-state index in [1.165, 1.54) is 43.4 Å². The molecule has 0 aromatic heterocycles. The van der Waals surface area contributed by atoms with Gasteiger partial charge in [-0.15, -0.1) is 0 Å². The van der Waals surface area contributed by atoms with Crippen LogP contribution in [0, 0.1) is 25.7 Å². The summed E-state index contributed by atoms with van der Waals surface area (Å²) in [5, 5.41) is 3.63. The zero-order chi connectivity index (χ0) is 13.8. The van der Waals surface area contributed by atoms with Crippen LogP contribution in [0.4, 0.5) is 0 Å².